The third kappa shape index (κ3) is 2.99. The summed E-state index contributed by atoms with van der Waals surface area (Å²) in [6, 6.07) is 7.70. The molecule has 1 aliphatic rings. The molecule has 0 aliphatic heterocycles. The first-order chi connectivity index (χ1) is 13.1. The fourth-order valence-corrected chi connectivity index (χ4v) is 5.87. The Bertz CT molecular complexity index is 1170. The maximum Gasteiger partial charge on any atom is 0.259 e. The third-order valence-corrected chi connectivity index (χ3v) is 7.22. The molecule has 0 fully saturated rings. The Morgan fingerprint density at radius 3 is 3.04 bits per heavy atom. The van der Waals surface area contributed by atoms with Crippen LogP contribution in [0.4, 0.5) is 0 Å². The van der Waals surface area contributed by atoms with Crippen molar-refractivity contribution in [3.05, 3.63) is 50.9 Å². The van der Waals surface area contributed by atoms with Crippen molar-refractivity contribution in [3.63, 3.8) is 0 Å². The van der Waals surface area contributed by atoms with E-state index >= 15 is 0 Å². The van der Waals surface area contributed by atoms with Crippen molar-refractivity contribution in [3.8, 4) is 0 Å². The van der Waals surface area contributed by atoms with E-state index in [0.717, 1.165) is 40.6 Å². The van der Waals surface area contributed by atoms with Crippen LogP contribution in [0.3, 0.4) is 0 Å². The lowest BCUT2D eigenvalue weighted by Gasteiger charge is -2.17. The van der Waals surface area contributed by atoms with Gasteiger partial charge in [-0.1, -0.05) is 30.8 Å². The molecule has 3 aromatic heterocycles. The van der Waals surface area contributed by atoms with Gasteiger partial charge >= 0.3 is 0 Å². The van der Waals surface area contributed by atoms with Crippen LogP contribution in [-0.2, 0) is 12.8 Å². The normalized spacial score (nSPS) is 18.1. The molecule has 27 heavy (non-hydrogen) atoms. The molecule has 1 aromatic carbocycles. The number of hydrogen-bond acceptors (Lipinski definition) is 6. The van der Waals surface area contributed by atoms with E-state index in [9.17, 15) is 4.79 Å². The van der Waals surface area contributed by atoms with Gasteiger partial charge in [0.25, 0.3) is 10.8 Å². The van der Waals surface area contributed by atoms with Crippen molar-refractivity contribution in [2.24, 2.45) is 5.92 Å². The second-order valence-corrected chi connectivity index (χ2v) is 9.57. The van der Waals surface area contributed by atoms with E-state index in [1.165, 1.54) is 22.2 Å². The highest BCUT2D eigenvalue weighted by atomic mass is 32.2. The maximum absolute atomic E-state index is 12.8. The van der Waals surface area contributed by atoms with Crippen molar-refractivity contribution in [2.45, 2.75) is 43.6 Å². The summed E-state index contributed by atoms with van der Waals surface area (Å²) in [5, 5.41) is 1.32. The molecule has 0 spiro atoms. The number of nitrogens with zero attached hydrogens (tertiary/aromatic N) is 2. The number of rotatable bonds is 3. The Labute approximate surface area is 164 Å². The summed E-state index contributed by atoms with van der Waals surface area (Å²) in [5.74, 6) is 1.35. The molecule has 2 atom stereocenters. The number of benzene rings is 1. The molecule has 0 amide bonds. The van der Waals surface area contributed by atoms with E-state index in [1.807, 2.05) is 31.2 Å². The molecule has 7 heteroatoms. The van der Waals surface area contributed by atoms with E-state index in [2.05, 4.69) is 16.9 Å². The fraction of sp³-hybridized carbons (Fsp3) is 0.350. The smallest absolute Gasteiger partial charge is 0.259 e. The van der Waals surface area contributed by atoms with Crippen LogP contribution in [0.5, 0.6) is 0 Å². The molecule has 5 rings (SSSR count). The molecule has 5 nitrogen and oxygen atoms in total. The van der Waals surface area contributed by atoms with Crippen LogP contribution in [0, 0.1) is 5.92 Å². The molecule has 0 saturated heterocycles. The van der Waals surface area contributed by atoms with Gasteiger partial charge in [-0.25, -0.2) is 9.97 Å². The van der Waals surface area contributed by atoms with Crippen molar-refractivity contribution < 1.29 is 4.42 Å². The van der Waals surface area contributed by atoms with Gasteiger partial charge in [0.1, 0.15) is 16.2 Å². The molecule has 0 bridgehead atoms. The molecule has 1 N–H and O–H groups in total. The number of aromatic nitrogens is 3. The maximum atomic E-state index is 12.8. The van der Waals surface area contributed by atoms with Crippen molar-refractivity contribution in [1.29, 1.82) is 0 Å². The quantitative estimate of drug-likeness (QED) is 0.487. The third-order valence-electron chi connectivity index (χ3n) is 5.12. The van der Waals surface area contributed by atoms with Gasteiger partial charge in [-0.05, 0) is 49.8 Å². The highest BCUT2D eigenvalue weighted by Crippen LogP contribution is 2.38. The Kier molecular flexibility index (Phi) is 4.09. The first-order valence-electron chi connectivity index (χ1n) is 9.15. The van der Waals surface area contributed by atoms with E-state index in [-0.39, 0.29) is 10.8 Å². The van der Waals surface area contributed by atoms with Crippen molar-refractivity contribution in [1.82, 2.24) is 15.0 Å². The first kappa shape index (κ1) is 17.0. The monoisotopic (exact) mass is 397 g/mol. The number of aryl methyl sites for hydroxylation is 1. The SMILES string of the molecule is C[C@H]1CCc2c(sc3nc([C@@H](C)Sc4nc5ccccc5o4)[nH]c(=O)c23)C1. The summed E-state index contributed by atoms with van der Waals surface area (Å²) in [6.45, 7) is 4.29. The minimum absolute atomic E-state index is 0.0212. The zero-order valence-corrected chi connectivity index (χ0v) is 16.7. The summed E-state index contributed by atoms with van der Waals surface area (Å²) in [5.41, 5.74) is 2.80. The van der Waals surface area contributed by atoms with Gasteiger partial charge in [0.05, 0.1) is 10.6 Å². The van der Waals surface area contributed by atoms with E-state index in [0.29, 0.717) is 17.0 Å². The first-order valence-corrected chi connectivity index (χ1v) is 10.8. The van der Waals surface area contributed by atoms with Crippen LogP contribution in [0.2, 0.25) is 0 Å². The Morgan fingerprint density at radius 1 is 1.33 bits per heavy atom. The van der Waals surface area contributed by atoms with Gasteiger partial charge in [0.15, 0.2) is 5.58 Å². The highest BCUT2D eigenvalue weighted by molar-refractivity contribution is 7.99. The minimum atomic E-state index is -0.0618. The zero-order chi connectivity index (χ0) is 18.5. The van der Waals surface area contributed by atoms with Crippen molar-refractivity contribution >= 4 is 44.4 Å². The standard InChI is InChI=1S/C20H19N3O2S2/c1-10-7-8-12-15(9-10)27-19-16(12)18(24)22-17(23-19)11(2)26-20-21-13-5-3-4-6-14(13)25-20/h3-6,10-11H,7-9H2,1-2H3,(H,22,23,24)/t10-,11+/m0/s1. The topological polar surface area (TPSA) is 71.8 Å². The largest absolute Gasteiger partial charge is 0.431 e. The lowest BCUT2D eigenvalue weighted by Crippen LogP contribution is -2.15. The number of thioether (sulfide) groups is 1. The van der Waals surface area contributed by atoms with E-state index in [1.54, 1.807) is 11.3 Å². The van der Waals surface area contributed by atoms with Crippen LogP contribution in [0.1, 0.15) is 41.8 Å². The molecular formula is C20H19N3O2S2. The van der Waals surface area contributed by atoms with Crippen LogP contribution in [0.15, 0.2) is 38.7 Å². The van der Waals surface area contributed by atoms with Gasteiger partial charge in [-0.15, -0.1) is 11.3 Å². The van der Waals surface area contributed by atoms with Crippen LogP contribution in [-0.4, -0.2) is 15.0 Å². The van der Waals surface area contributed by atoms with E-state index in [4.69, 9.17) is 9.40 Å². The molecule has 0 radical (unpaired) electrons. The van der Waals surface area contributed by atoms with Gasteiger partial charge in [0, 0.05) is 4.88 Å². The Hall–Kier alpha value is -2.12. The van der Waals surface area contributed by atoms with Gasteiger partial charge in [0.2, 0.25) is 0 Å². The second-order valence-electron chi connectivity index (χ2n) is 7.19. The molecular weight excluding hydrogens is 378 g/mol. The zero-order valence-electron chi connectivity index (χ0n) is 15.1. The molecule has 1 aliphatic carbocycles. The Morgan fingerprint density at radius 2 is 2.19 bits per heavy atom. The number of nitrogens with one attached hydrogen (secondary N) is 1. The Balaban J connectivity index is 1.49. The van der Waals surface area contributed by atoms with Crippen LogP contribution >= 0.6 is 23.1 Å². The van der Waals surface area contributed by atoms with Gasteiger partial charge in [-0.3, -0.25) is 4.79 Å². The molecule has 0 saturated carbocycles. The molecule has 0 unspecified atom stereocenters. The fourth-order valence-electron chi connectivity index (χ4n) is 3.67. The minimum Gasteiger partial charge on any atom is -0.431 e. The molecule has 138 valence electrons. The number of H-pyrrole nitrogens is 1. The predicted octanol–water partition coefficient (Wildman–Crippen LogP) is 5.10. The lowest BCUT2D eigenvalue weighted by molar-refractivity contribution is 0.488. The van der Waals surface area contributed by atoms with Crippen molar-refractivity contribution in [2.75, 3.05) is 0 Å². The van der Waals surface area contributed by atoms with Gasteiger partial charge in [-0.2, -0.15) is 0 Å². The summed E-state index contributed by atoms with van der Waals surface area (Å²) in [7, 11) is 0. The number of fused-ring (bicyclic) bond motifs is 4. The number of thiophene rings is 1. The number of oxazole rings is 1. The lowest BCUT2D eigenvalue weighted by atomic mass is 9.89. The van der Waals surface area contributed by atoms with Gasteiger partial charge < -0.3 is 9.40 Å². The predicted molar refractivity (Wildman–Crippen MR) is 110 cm³/mol. The number of para-hydroxylation sites is 2. The van der Waals surface area contributed by atoms with Crippen LogP contribution < -0.4 is 5.56 Å². The second kappa shape index (κ2) is 6.49. The summed E-state index contributed by atoms with van der Waals surface area (Å²) in [6.07, 6.45) is 3.18. The summed E-state index contributed by atoms with van der Waals surface area (Å²) in [4.78, 5) is 27.3. The average molecular weight is 398 g/mol. The summed E-state index contributed by atoms with van der Waals surface area (Å²) >= 11 is 3.15. The molecule has 4 aromatic rings. The number of hydrogen-bond donors (Lipinski definition) is 1. The number of aromatic amines is 1. The highest BCUT2D eigenvalue weighted by Gasteiger charge is 2.24. The van der Waals surface area contributed by atoms with E-state index < -0.39 is 0 Å². The average Bonchev–Trinajstić information content (AvgIpc) is 3.21. The summed E-state index contributed by atoms with van der Waals surface area (Å²) < 4.78 is 5.79. The molecule has 3 heterocycles. The van der Waals surface area contributed by atoms with Crippen LogP contribution in [0.25, 0.3) is 21.3 Å².